The third-order valence-corrected chi connectivity index (χ3v) is 7.15. The van der Waals surface area contributed by atoms with Crippen molar-refractivity contribution >= 4 is 24.1 Å². The Labute approximate surface area is 247 Å². The highest BCUT2D eigenvalue weighted by atomic mass is 16.7. The number of rotatable bonds is 12. The van der Waals surface area contributed by atoms with E-state index in [1.54, 1.807) is 19.1 Å². The topological polar surface area (TPSA) is 114 Å². The molecule has 42 heavy (non-hydrogen) atoms. The smallest absolute Gasteiger partial charge is 0.462 e. The summed E-state index contributed by atoms with van der Waals surface area (Å²) < 4.78 is 26.4. The van der Waals surface area contributed by atoms with Crippen LogP contribution in [0.5, 0.6) is 11.5 Å². The van der Waals surface area contributed by atoms with Crippen molar-refractivity contribution in [1.29, 1.82) is 0 Å². The number of benzene rings is 2. The number of ether oxygens (including phenoxy) is 5. The first-order valence-electron chi connectivity index (χ1n) is 14.3. The van der Waals surface area contributed by atoms with Crippen molar-refractivity contribution in [3.8, 4) is 11.5 Å². The fraction of sp³-hybridized carbons (Fsp3) is 0.455. The molecule has 0 spiro atoms. The van der Waals surface area contributed by atoms with Crippen LogP contribution < -0.4 is 9.47 Å². The van der Waals surface area contributed by atoms with Gasteiger partial charge in [-0.3, -0.25) is 0 Å². The fourth-order valence-corrected chi connectivity index (χ4v) is 4.71. The van der Waals surface area contributed by atoms with Gasteiger partial charge in [-0.15, -0.1) is 0 Å². The van der Waals surface area contributed by atoms with E-state index in [0.717, 1.165) is 19.3 Å². The molecule has 9 nitrogen and oxygen atoms in total. The summed E-state index contributed by atoms with van der Waals surface area (Å²) in [6.45, 7) is 11.9. The molecular formula is C33H40O9. The quantitative estimate of drug-likeness (QED) is 0.0657. The van der Waals surface area contributed by atoms with Crippen LogP contribution in [0.2, 0.25) is 0 Å². The van der Waals surface area contributed by atoms with Crippen LogP contribution in [0.25, 0.3) is 0 Å². The summed E-state index contributed by atoms with van der Waals surface area (Å²) in [6.07, 6.45) is 3.09. The van der Waals surface area contributed by atoms with E-state index >= 15 is 0 Å². The van der Waals surface area contributed by atoms with E-state index in [4.69, 9.17) is 23.7 Å². The van der Waals surface area contributed by atoms with Gasteiger partial charge >= 0.3 is 24.1 Å². The molecule has 3 atom stereocenters. The summed E-state index contributed by atoms with van der Waals surface area (Å²) in [5, 5.41) is 0. The van der Waals surface area contributed by atoms with Gasteiger partial charge in [0.25, 0.3) is 0 Å². The van der Waals surface area contributed by atoms with Crippen molar-refractivity contribution in [3.05, 3.63) is 71.8 Å². The van der Waals surface area contributed by atoms with Gasteiger partial charge < -0.3 is 23.7 Å². The SMILES string of the molecule is C=C(C)C(=O)OCCCCOC(=O)Oc1ccc(OC(=O)c2ccc(C(=O)OC3CC(C)CCC3C(C)C)cc2)cc1. The van der Waals surface area contributed by atoms with Gasteiger partial charge in [-0.2, -0.15) is 0 Å². The zero-order valence-electron chi connectivity index (χ0n) is 24.8. The van der Waals surface area contributed by atoms with E-state index in [9.17, 15) is 19.2 Å². The number of unbranched alkanes of at least 4 members (excludes halogenated alkanes) is 1. The van der Waals surface area contributed by atoms with Crippen molar-refractivity contribution in [2.75, 3.05) is 13.2 Å². The summed E-state index contributed by atoms with van der Waals surface area (Å²) in [5.41, 5.74) is 0.982. The molecule has 9 heteroatoms. The molecule has 2 aromatic rings. The molecule has 3 unspecified atom stereocenters. The highest BCUT2D eigenvalue weighted by molar-refractivity contribution is 5.94. The maximum atomic E-state index is 12.8. The number of carbonyl (C=O) groups excluding carboxylic acids is 4. The van der Waals surface area contributed by atoms with Crippen LogP contribution in [-0.2, 0) is 19.0 Å². The Morgan fingerprint density at radius 1 is 0.810 bits per heavy atom. The normalized spacial score (nSPS) is 18.1. The number of carbonyl (C=O) groups is 4. The van der Waals surface area contributed by atoms with E-state index < -0.39 is 24.1 Å². The van der Waals surface area contributed by atoms with Gasteiger partial charge in [0.15, 0.2) is 0 Å². The minimum atomic E-state index is -0.880. The number of hydrogen-bond donors (Lipinski definition) is 0. The molecule has 1 aliphatic carbocycles. The second kappa shape index (κ2) is 15.7. The van der Waals surface area contributed by atoms with Crippen molar-refractivity contribution in [2.45, 2.75) is 65.9 Å². The Kier molecular flexibility index (Phi) is 12.1. The second-order valence-electron chi connectivity index (χ2n) is 11.0. The zero-order valence-corrected chi connectivity index (χ0v) is 24.8. The highest BCUT2D eigenvalue weighted by Crippen LogP contribution is 2.35. The fourth-order valence-electron chi connectivity index (χ4n) is 4.71. The summed E-state index contributed by atoms with van der Waals surface area (Å²) >= 11 is 0. The molecule has 2 aromatic carbocycles. The van der Waals surface area contributed by atoms with Gasteiger partial charge in [0.1, 0.15) is 17.6 Å². The van der Waals surface area contributed by atoms with Crippen LogP contribution in [0.1, 0.15) is 80.5 Å². The van der Waals surface area contributed by atoms with Crippen LogP contribution >= 0.6 is 0 Å². The van der Waals surface area contributed by atoms with E-state index in [-0.39, 0.29) is 36.4 Å². The Hall–Kier alpha value is -4.14. The van der Waals surface area contributed by atoms with Crippen LogP contribution in [0, 0.1) is 17.8 Å². The lowest BCUT2D eigenvalue weighted by Crippen LogP contribution is -2.35. The first-order chi connectivity index (χ1) is 20.0. The molecule has 1 saturated carbocycles. The van der Waals surface area contributed by atoms with Gasteiger partial charge in [-0.1, -0.05) is 33.8 Å². The molecular weight excluding hydrogens is 540 g/mol. The summed E-state index contributed by atoms with van der Waals surface area (Å²) in [7, 11) is 0. The van der Waals surface area contributed by atoms with Gasteiger partial charge in [-0.05, 0) is 98.9 Å². The Bertz CT molecular complexity index is 1230. The van der Waals surface area contributed by atoms with Crippen molar-refractivity contribution in [1.82, 2.24) is 0 Å². The Balaban J connectivity index is 1.42. The third kappa shape index (κ3) is 10.0. The van der Waals surface area contributed by atoms with Crippen molar-refractivity contribution < 1.29 is 42.9 Å². The van der Waals surface area contributed by atoms with E-state index in [2.05, 4.69) is 27.4 Å². The van der Waals surface area contributed by atoms with Gasteiger partial charge in [0.05, 0.1) is 24.3 Å². The van der Waals surface area contributed by atoms with Crippen molar-refractivity contribution in [3.63, 3.8) is 0 Å². The molecule has 0 radical (unpaired) electrons. The average molecular weight is 581 g/mol. The molecule has 1 fully saturated rings. The first kappa shape index (κ1) is 32.4. The Morgan fingerprint density at radius 3 is 1.93 bits per heavy atom. The number of hydrogen-bond acceptors (Lipinski definition) is 9. The predicted molar refractivity (Wildman–Crippen MR) is 155 cm³/mol. The zero-order chi connectivity index (χ0) is 30.6. The molecule has 226 valence electrons. The van der Waals surface area contributed by atoms with E-state index in [1.807, 2.05) is 0 Å². The molecule has 0 heterocycles. The van der Waals surface area contributed by atoms with E-state index in [0.29, 0.717) is 41.7 Å². The first-order valence-corrected chi connectivity index (χ1v) is 14.3. The molecule has 0 amide bonds. The second-order valence-corrected chi connectivity index (χ2v) is 11.0. The van der Waals surface area contributed by atoms with Crippen LogP contribution in [-0.4, -0.2) is 43.4 Å². The number of esters is 3. The van der Waals surface area contributed by atoms with E-state index in [1.165, 1.54) is 36.4 Å². The summed E-state index contributed by atoms with van der Waals surface area (Å²) in [4.78, 5) is 48.6. The minimum Gasteiger partial charge on any atom is -0.462 e. The lowest BCUT2D eigenvalue weighted by atomic mass is 9.75. The molecule has 0 aliphatic heterocycles. The van der Waals surface area contributed by atoms with Gasteiger partial charge in [-0.25, -0.2) is 19.2 Å². The van der Waals surface area contributed by atoms with Gasteiger partial charge in [0.2, 0.25) is 0 Å². The van der Waals surface area contributed by atoms with Crippen molar-refractivity contribution in [2.24, 2.45) is 17.8 Å². The minimum absolute atomic E-state index is 0.105. The highest BCUT2D eigenvalue weighted by Gasteiger charge is 2.33. The molecule has 3 rings (SSSR count). The monoisotopic (exact) mass is 580 g/mol. The third-order valence-electron chi connectivity index (χ3n) is 7.15. The molecule has 1 aliphatic rings. The molecule has 0 aromatic heterocycles. The summed E-state index contributed by atoms with van der Waals surface area (Å²) in [6, 6.07) is 12.1. The van der Waals surface area contributed by atoms with Crippen LogP contribution in [0.4, 0.5) is 4.79 Å². The molecule has 0 N–H and O–H groups in total. The van der Waals surface area contributed by atoms with Gasteiger partial charge in [0, 0.05) is 5.57 Å². The Morgan fingerprint density at radius 2 is 1.36 bits per heavy atom. The lowest BCUT2D eigenvalue weighted by molar-refractivity contribution is -0.139. The largest absolute Gasteiger partial charge is 0.513 e. The summed E-state index contributed by atoms with van der Waals surface area (Å²) in [5.74, 6) is 0.319. The average Bonchev–Trinajstić information content (AvgIpc) is 2.95. The molecule has 0 saturated heterocycles. The lowest BCUT2D eigenvalue weighted by Gasteiger charge is -2.36. The maximum Gasteiger partial charge on any atom is 0.513 e. The standard InChI is InChI=1S/C33H40O9/c1-21(2)28-17-8-23(5)20-29(28)42-32(36)25-11-9-24(10-12-25)31(35)40-26-13-15-27(16-14-26)41-33(37)39-19-7-6-18-38-30(34)22(3)4/h9-16,21,23,28-29H,3,6-8,17-20H2,1-2,4-5H3. The molecule has 0 bridgehead atoms. The van der Waals surface area contributed by atoms with Crippen LogP contribution in [0.15, 0.2) is 60.7 Å². The predicted octanol–water partition coefficient (Wildman–Crippen LogP) is 6.94. The maximum absolute atomic E-state index is 12.8. The van der Waals surface area contributed by atoms with Crippen LogP contribution in [0.3, 0.4) is 0 Å².